The number of hydrogen-bond acceptors (Lipinski definition) is 7. The van der Waals surface area contributed by atoms with E-state index in [1.54, 1.807) is 18.2 Å². The second-order valence-corrected chi connectivity index (χ2v) is 8.50. The number of halogens is 3. The average molecular weight is 469 g/mol. The second kappa shape index (κ2) is 9.34. The smallest absolute Gasteiger partial charge is 0.312 e. The lowest BCUT2D eigenvalue weighted by atomic mass is 10.1. The number of ether oxygens (including phenoxy) is 1. The maximum atomic E-state index is 14.2. The Labute approximate surface area is 181 Å². The van der Waals surface area contributed by atoms with Crippen LogP contribution in [0.4, 0.5) is 18.9 Å². The van der Waals surface area contributed by atoms with Gasteiger partial charge < -0.3 is 4.74 Å². The number of esters is 1. The Morgan fingerprint density at radius 1 is 1.19 bits per heavy atom. The van der Waals surface area contributed by atoms with Gasteiger partial charge >= 0.3 is 5.97 Å². The summed E-state index contributed by atoms with van der Waals surface area (Å²) >= 11 is 0. The molecule has 0 aliphatic carbocycles. The first-order valence-electron chi connectivity index (χ1n) is 9.11. The van der Waals surface area contributed by atoms with Gasteiger partial charge in [-0.1, -0.05) is 35.5 Å². The van der Waals surface area contributed by atoms with Gasteiger partial charge in [0.25, 0.3) is 6.43 Å². The molecule has 0 bridgehead atoms. The van der Waals surface area contributed by atoms with Gasteiger partial charge in [-0.15, -0.1) is 5.10 Å². The van der Waals surface area contributed by atoms with Crippen molar-refractivity contribution in [3.8, 4) is 11.4 Å². The molecule has 0 fully saturated rings. The number of carbonyl (C=O) groups is 1. The minimum Gasteiger partial charge on any atom is -0.451 e. The molecule has 170 valence electrons. The van der Waals surface area contributed by atoms with Crippen LogP contribution in [0.3, 0.4) is 0 Å². The lowest BCUT2D eigenvalue weighted by Crippen LogP contribution is -2.20. The minimum atomic E-state index is -3.72. The van der Waals surface area contributed by atoms with Gasteiger partial charge in [-0.2, -0.15) is 4.39 Å². The number of sulfonamides is 1. The third-order valence-corrected chi connectivity index (χ3v) is 4.85. The van der Waals surface area contributed by atoms with Gasteiger partial charge in [0, 0.05) is 7.05 Å². The minimum absolute atomic E-state index is 0.0163. The topological polar surface area (TPSA) is 116 Å². The van der Waals surface area contributed by atoms with Gasteiger partial charge in [0.15, 0.2) is 6.10 Å². The Hall–Kier alpha value is -3.48. The predicted octanol–water partition coefficient (Wildman–Crippen LogP) is 2.48. The van der Waals surface area contributed by atoms with Gasteiger partial charge in [-0.05, 0) is 17.7 Å². The monoisotopic (exact) mass is 469 g/mol. The van der Waals surface area contributed by atoms with E-state index >= 15 is 0 Å². The van der Waals surface area contributed by atoms with Gasteiger partial charge in [0.05, 0.1) is 24.1 Å². The molecule has 2 aromatic heterocycles. The molecule has 1 atom stereocenters. The van der Waals surface area contributed by atoms with E-state index in [1.807, 2.05) is 4.72 Å². The Bertz CT molecular complexity index is 1220. The molecular weight excluding hydrogens is 451 g/mol. The molecule has 9 nitrogen and oxygen atoms in total. The Balaban J connectivity index is 1.83. The summed E-state index contributed by atoms with van der Waals surface area (Å²) in [6.45, 7) is 0. The number of rotatable bonds is 8. The quantitative estimate of drug-likeness (QED) is 0.398. The van der Waals surface area contributed by atoms with E-state index in [0.29, 0.717) is 0 Å². The summed E-state index contributed by atoms with van der Waals surface area (Å²) in [5, 5.41) is 7.61. The summed E-state index contributed by atoms with van der Waals surface area (Å²) in [4.78, 5) is 16.1. The summed E-state index contributed by atoms with van der Waals surface area (Å²) in [7, 11) is -2.27. The normalized spacial score (nSPS) is 12.6. The fourth-order valence-corrected chi connectivity index (χ4v) is 3.40. The number of alkyl halides is 2. The van der Waals surface area contributed by atoms with Crippen molar-refractivity contribution in [2.75, 3.05) is 11.0 Å². The number of nitrogens with one attached hydrogen (secondary N) is 1. The van der Waals surface area contributed by atoms with Crippen molar-refractivity contribution in [3.05, 3.63) is 59.7 Å². The Morgan fingerprint density at radius 3 is 2.47 bits per heavy atom. The third kappa shape index (κ3) is 5.60. The van der Waals surface area contributed by atoms with Crippen molar-refractivity contribution in [2.24, 2.45) is 7.05 Å². The molecule has 0 radical (unpaired) electrons. The van der Waals surface area contributed by atoms with Crippen LogP contribution in [0.5, 0.6) is 0 Å². The first kappa shape index (κ1) is 23.2. The van der Waals surface area contributed by atoms with Crippen molar-refractivity contribution in [1.82, 2.24) is 20.0 Å². The Kier molecular flexibility index (Phi) is 6.77. The number of aryl methyl sites for hydroxylation is 1. The average Bonchev–Trinajstić information content (AvgIpc) is 3.07. The number of nitrogens with zero attached hydrogens (tertiary/aromatic N) is 4. The summed E-state index contributed by atoms with van der Waals surface area (Å²) in [6, 6.07) is 9.98. The van der Waals surface area contributed by atoms with Crippen LogP contribution in [-0.4, -0.2) is 47.0 Å². The van der Waals surface area contributed by atoms with Crippen molar-refractivity contribution >= 4 is 21.7 Å². The van der Waals surface area contributed by atoms with Crippen molar-refractivity contribution in [2.45, 2.75) is 19.0 Å². The SMILES string of the molecule is Cn1nnc(-c2ccc(NS(C)(=O)=O)c(F)n2)c1CC(=O)O[C@@H](c1ccccc1)C(F)F. The number of pyridine rings is 1. The van der Waals surface area contributed by atoms with Gasteiger partial charge in [-0.25, -0.2) is 22.2 Å². The fourth-order valence-electron chi connectivity index (χ4n) is 2.84. The molecule has 0 amide bonds. The molecule has 0 unspecified atom stereocenters. The van der Waals surface area contributed by atoms with E-state index in [9.17, 15) is 26.4 Å². The van der Waals surface area contributed by atoms with E-state index in [0.717, 1.165) is 12.3 Å². The molecular formula is C19H18F3N5O4S. The molecule has 0 aliphatic heterocycles. The molecule has 13 heteroatoms. The maximum absolute atomic E-state index is 14.2. The molecule has 3 aromatic rings. The molecule has 0 aliphatic rings. The van der Waals surface area contributed by atoms with E-state index in [1.165, 1.54) is 29.9 Å². The maximum Gasteiger partial charge on any atom is 0.312 e. The van der Waals surface area contributed by atoms with E-state index in [4.69, 9.17) is 4.74 Å². The number of anilines is 1. The molecule has 32 heavy (non-hydrogen) atoms. The lowest BCUT2D eigenvalue weighted by molar-refractivity contribution is -0.157. The van der Waals surface area contributed by atoms with Crippen molar-refractivity contribution < 1.29 is 31.1 Å². The molecule has 1 aromatic carbocycles. The van der Waals surface area contributed by atoms with E-state index < -0.39 is 40.9 Å². The van der Waals surface area contributed by atoms with Crippen LogP contribution in [0.2, 0.25) is 0 Å². The number of carbonyl (C=O) groups excluding carboxylic acids is 1. The van der Waals surface area contributed by atoms with Crippen molar-refractivity contribution in [3.63, 3.8) is 0 Å². The van der Waals surface area contributed by atoms with Crippen LogP contribution in [0.25, 0.3) is 11.4 Å². The molecule has 0 saturated heterocycles. The van der Waals surface area contributed by atoms with E-state index in [2.05, 4.69) is 15.3 Å². The summed E-state index contributed by atoms with van der Waals surface area (Å²) in [5.41, 5.74) is -0.110. The highest BCUT2D eigenvalue weighted by molar-refractivity contribution is 7.92. The summed E-state index contributed by atoms with van der Waals surface area (Å²) in [5.74, 6) is -2.09. The third-order valence-electron chi connectivity index (χ3n) is 4.26. The molecule has 0 saturated carbocycles. The first-order valence-corrected chi connectivity index (χ1v) is 11.0. The highest BCUT2D eigenvalue weighted by Gasteiger charge is 2.28. The van der Waals surface area contributed by atoms with Crippen LogP contribution < -0.4 is 4.72 Å². The van der Waals surface area contributed by atoms with Crippen LogP contribution in [0.1, 0.15) is 17.4 Å². The first-order chi connectivity index (χ1) is 15.0. The van der Waals surface area contributed by atoms with Gasteiger partial charge in [0.1, 0.15) is 11.4 Å². The standard InChI is InChI=1S/C19H18F3N5O4S/c1-27-14(10-15(28)31-17(18(20)21)11-6-4-3-5-7-11)16(24-26-27)12-8-9-13(19(22)23-12)25-32(2,29)30/h3-9,17-18,25H,10H2,1-2H3/t17-/m0/s1. The van der Waals surface area contributed by atoms with Crippen LogP contribution in [0, 0.1) is 5.95 Å². The largest absolute Gasteiger partial charge is 0.451 e. The zero-order valence-corrected chi connectivity index (χ0v) is 17.7. The summed E-state index contributed by atoms with van der Waals surface area (Å²) in [6.07, 6.45) is -4.34. The highest BCUT2D eigenvalue weighted by Crippen LogP contribution is 2.27. The lowest BCUT2D eigenvalue weighted by Gasteiger charge is -2.17. The molecule has 0 spiro atoms. The zero-order chi connectivity index (χ0) is 23.5. The Morgan fingerprint density at radius 2 is 1.88 bits per heavy atom. The van der Waals surface area contributed by atoms with Crippen LogP contribution in [-0.2, 0) is 33.0 Å². The predicted molar refractivity (Wildman–Crippen MR) is 108 cm³/mol. The number of aromatic nitrogens is 4. The zero-order valence-electron chi connectivity index (χ0n) is 16.9. The molecule has 2 heterocycles. The van der Waals surface area contributed by atoms with Crippen molar-refractivity contribution in [1.29, 1.82) is 0 Å². The van der Waals surface area contributed by atoms with Gasteiger partial charge in [0.2, 0.25) is 16.0 Å². The van der Waals surface area contributed by atoms with E-state index in [-0.39, 0.29) is 28.3 Å². The highest BCUT2D eigenvalue weighted by atomic mass is 32.2. The van der Waals surface area contributed by atoms with Gasteiger partial charge in [-0.3, -0.25) is 14.2 Å². The molecule has 1 N–H and O–H groups in total. The fraction of sp³-hybridized carbons (Fsp3) is 0.263. The second-order valence-electron chi connectivity index (χ2n) is 6.75. The number of benzene rings is 1. The summed E-state index contributed by atoms with van der Waals surface area (Å²) < 4.78 is 71.9. The molecule has 3 rings (SSSR count). The number of hydrogen-bond donors (Lipinski definition) is 1. The van der Waals surface area contributed by atoms with Crippen LogP contribution in [0.15, 0.2) is 42.5 Å². The van der Waals surface area contributed by atoms with Crippen LogP contribution >= 0.6 is 0 Å².